The molecule has 4 nitrogen and oxygen atoms in total. The van der Waals surface area contributed by atoms with Gasteiger partial charge in [-0.1, -0.05) is 32.0 Å². The van der Waals surface area contributed by atoms with E-state index >= 15 is 0 Å². The van der Waals surface area contributed by atoms with Crippen LogP contribution in [0.4, 0.5) is 0 Å². The number of rotatable bonds is 4. The molecule has 2 aromatic rings. The molecule has 102 valence electrons. The Hall–Kier alpha value is -1.84. The molecule has 0 radical (unpaired) electrons. The number of fused-ring (bicyclic) bond motifs is 1. The number of para-hydroxylation sites is 1. The second-order valence-electron chi connectivity index (χ2n) is 5.51. The first-order chi connectivity index (χ1) is 9.00. The van der Waals surface area contributed by atoms with E-state index in [4.69, 9.17) is 0 Å². The van der Waals surface area contributed by atoms with Crippen molar-refractivity contribution in [1.82, 2.24) is 15.1 Å². The molecule has 1 atom stereocenters. The second kappa shape index (κ2) is 5.43. The van der Waals surface area contributed by atoms with Crippen LogP contribution in [0.5, 0.6) is 0 Å². The molecule has 1 aromatic carbocycles. The van der Waals surface area contributed by atoms with Gasteiger partial charge in [0.05, 0.1) is 5.52 Å². The van der Waals surface area contributed by atoms with Crippen molar-refractivity contribution in [3.05, 3.63) is 30.0 Å². The molecule has 0 aliphatic rings. The van der Waals surface area contributed by atoms with E-state index in [1.165, 1.54) is 0 Å². The Bertz CT molecular complexity index is 574. The van der Waals surface area contributed by atoms with E-state index in [0.29, 0.717) is 11.6 Å². The van der Waals surface area contributed by atoms with E-state index in [0.717, 1.165) is 17.3 Å². The van der Waals surface area contributed by atoms with Gasteiger partial charge in [-0.05, 0) is 25.3 Å². The Morgan fingerprint density at radius 1 is 1.32 bits per heavy atom. The summed E-state index contributed by atoms with van der Waals surface area (Å²) in [5, 5.41) is 7.95. The zero-order chi connectivity index (χ0) is 14.0. The first-order valence-corrected chi connectivity index (χ1v) is 6.71. The van der Waals surface area contributed by atoms with Crippen LogP contribution in [0.3, 0.4) is 0 Å². The van der Waals surface area contributed by atoms with Crippen LogP contribution in [-0.4, -0.2) is 34.1 Å². The minimum Gasteiger partial charge on any atom is -0.338 e. The summed E-state index contributed by atoms with van der Waals surface area (Å²) in [6.45, 7) is 6.41. The van der Waals surface area contributed by atoms with Crippen LogP contribution in [0, 0.1) is 5.92 Å². The minimum atomic E-state index is -0.0226. The number of aromatic nitrogens is 2. The van der Waals surface area contributed by atoms with Gasteiger partial charge in [-0.25, -0.2) is 0 Å². The maximum absolute atomic E-state index is 12.5. The lowest BCUT2D eigenvalue weighted by atomic mass is 10.0. The molecule has 19 heavy (non-hydrogen) atoms. The van der Waals surface area contributed by atoms with Gasteiger partial charge in [-0.15, -0.1) is 0 Å². The number of carbonyl (C=O) groups excluding carboxylic acids is 1. The smallest absolute Gasteiger partial charge is 0.274 e. The predicted molar refractivity (Wildman–Crippen MR) is 77.1 cm³/mol. The van der Waals surface area contributed by atoms with Gasteiger partial charge in [0.2, 0.25) is 0 Å². The molecule has 0 aliphatic heterocycles. The summed E-state index contributed by atoms with van der Waals surface area (Å²) in [6.07, 6.45) is 0.991. The SMILES string of the molecule is CC(C)C[C@@H](C)N(C)C(=O)c1n[nH]c2ccccc12. The second-order valence-corrected chi connectivity index (χ2v) is 5.51. The average molecular weight is 259 g/mol. The Morgan fingerprint density at radius 2 is 2.00 bits per heavy atom. The highest BCUT2D eigenvalue weighted by Gasteiger charge is 2.22. The molecule has 0 unspecified atom stereocenters. The van der Waals surface area contributed by atoms with Crippen LogP contribution in [0.2, 0.25) is 0 Å². The van der Waals surface area contributed by atoms with Gasteiger partial charge in [-0.3, -0.25) is 9.89 Å². The van der Waals surface area contributed by atoms with Crippen LogP contribution >= 0.6 is 0 Å². The van der Waals surface area contributed by atoms with Crippen molar-refractivity contribution in [3.8, 4) is 0 Å². The molecule has 1 amide bonds. The third-order valence-corrected chi connectivity index (χ3v) is 3.47. The normalized spacial score (nSPS) is 12.9. The number of hydrogen-bond donors (Lipinski definition) is 1. The molecule has 0 saturated carbocycles. The van der Waals surface area contributed by atoms with Crippen LogP contribution in [0.15, 0.2) is 24.3 Å². The molecule has 4 heteroatoms. The first-order valence-electron chi connectivity index (χ1n) is 6.71. The highest BCUT2D eigenvalue weighted by Crippen LogP contribution is 2.18. The lowest BCUT2D eigenvalue weighted by Gasteiger charge is -2.25. The molecule has 0 fully saturated rings. The van der Waals surface area contributed by atoms with Gasteiger partial charge in [0.1, 0.15) is 0 Å². The van der Waals surface area contributed by atoms with Crippen molar-refractivity contribution in [2.75, 3.05) is 7.05 Å². The van der Waals surface area contributed by atoms with Gasteiger partial charge in [0.25, 0.3) is 5.91 Å². The zero-order valence-corrected chi connectivity index (χ0v) is 12.0. The number of amides is 1. The number of nitrogens with zero attached hydrogens (tertiary/aromatic N) is 2. The zero-order valence-electron chi connectivity index (χ0n) is 12.0. The van der Waals surface area contributed by atoms with Gasteiger partial charge in [-0.2, -0.15) is 5.10 Å². The van der Waals surface area contributed by atoms with E-state index in [9.17, 15) is 4.79 Å². The quantitative estimate of drug-likeness (QED) is 0.917. The molecule has 1 aromatic heterocycles. The summed E-state index contributed by atoms with van der Waals surface area (Å²) in [6, 6.07) is 7.92. The summed E-state index contributed by atoms with van der Waals surface area (Å²) in [4.78, 5) is 14.3. The van der Waals surface area contributed by atoms with E-state index in [1.54, 1.807) is 4.90 Å². The third-order valence-electron chi connectivity index (χ3n) is 3.47. The molecular weight excluding hydrogens is 238 g/mol. The summed E-state index contributed by atoms with van der Waals surface area (Å²) in [7, 11) is 1.85. The largest absolute Gasteiger partial charge is 0.338 e. The Morgan fingerprint density at radius 3 is 2.68 bits per heavy atom. The van der Waals surface area contributed by atoms with E-state index in [2.05, 4.69) is 31.0 Å². The molecular formula is C15H21N3O. The van der Waals surface area contributed by atoms with Crippen LogP contribution in [-0.2, 0) is 0 Å². The van der Waals surface area contributed by atoms with E-state index < -0.39 is 0 Å². The Balaban J connectivity index is 2.24. The molecule has 1 heterocycles. The molecule has 0 aliphatic carbocycles. The predicted octanol–water partition coefficient (Wildman–Crippen LogP) is 3.07. The molecule has 1 N–H and O–H groups in total. The van der Waals surface area contributed by atoms with Gasteiger partial charge >= 0.3 is 0 Å². The summed E-state index contributed by atoms with van der Waals surface area (Å²) in [5.74, 6) is 0.548. The topological polar surface area (TPSA) is 49.0 Å². The summed E-state index contributed by atoms with van der Waals surface area (Å²) < 4.78 is 0. The van der Waals surface area contributed by atoms with Crippen molar-refractivity contribution >= 4 is 16.8 Å². The summed E-state index contributed by atoms with van der Waals surface area (Å²) in [5.41, 5.74) is 1.41. The maximum atomic E-state index is 12.5. The number of benzene rings is 1. The highest BCUT2D eigenvalue weighted by molar-refractivity contribution is 6.04. The average Bonchev–Trinajstić information content (AvgIpc) is 2.80. The summed E-state index contributed by atoms with van der Waals surface area (Å²) >= 11 is 0. The maximum Gasteiger partial charge on any atom is 0.274 e. The van der Waals surface area contributed by atoms with Crippen molar-refractivity contribution in [1.29, 1.82) is 0 Å². The minimum absolute atomic E-state index is 0.0226. The number of H-pyrrole nitrogens is 1. The van der Waals surface area contributed by atoms with Crippen molar-refractivity contribution in [2.45, 2.75) is 33.2 Å². The van der Waals surface area contributed by atoms with Crippen molar-refractivity contribution in [2.24, 2.45) is 5.92 Å². The van der Waals surface area contributed by atoms with Crippen LogP contribution in [0.25, 0.3) is 10.9 Å². The van der Waals surface area contributed by atoms with Crippen molar-refractivity contribution in [3.63, 3.8) is 0 Å². The fourth-order valence-corrected chi connectivity index (χ4v) is 2.33. The Kier molecular flexibility index (Phi) is 3.88. The fourth-order valence-electron chi connectivity index (χ4n) is 2.33. The van der Waals surface area contributed by atoms with Gasteiger partial charge in [0, 0.05) is 18.5 Å². The monoisotopic (exact) mass is 259 g/mol. The van der Waals surface area contributed by atoms with Gasteiger partial charge in [0.15, 0.2) is 5.69 Å². The highest BCUT2D eigenvalue weighted by atomic mass is 16.2. The molecule has 0 bridgehead atoms. The number of carbonyl (C=O) groups is 1. The fraction of sp³-hybridized carbons (Fsp3) is 0.467. The third kappa shape index (κ3) is 2.78. The Labute approximate surface area is 113 Å². The van der Waals surface area contributed by atoms with Crippen LogP contribution in [0.1, 0.15) is 37.7 Å². The van der Waals surface area contributed by atoms with Crippen LogP contribution < -0.4 is 0 Å². The molecule has 0 spiro atoms. The van der Waals surface area contributed by atoms with Crippen molar-refractivity contribution < 1.29 is 4.79 Å². The first kappa shape index (κ1) is 13.6. The number of aromatic amines is 1. The lowest BCUT2D eigenvalue weighted by molar-refractivity contribution is 0.0724. The standard InChI is InChI=1S/C15H21N3O/c1-10(2)9-11(3)18(4)15(19)14-12-7-5-6-8-13(12)16-17-14/h5-8,10-11H,9H2,1-4H3,(H,16,17)/t11-/m1/s1. The number of hydrogen-bond acceptors (Lipinski definition) is 2. The lowest BCUT2D eigenvalue weighted by Crippen LogP contribution is -2.36. The van der Waals surface area contributed by atoms with Gasteiger partial charge < -0.3 is 4.90 Å². The number of nitrogens with one attached hydrogen (secondary N) is 1. The molecule has 0 saturated heterocycles. The molecule has 2 rings (SSSR count). The van der Waals surface area contributed by atoms with E-state index in [1.807, 2.05) is 31.3 Å². The van der Waals surface area contributed by atoms with E-state index in [-0.39, 0.29) is 11.9 Å².